The van der Waals surface area contributed by atoms with E-state index < -0.39 is 16.0 Å². The maximum absolute atomic E-state index is 12.3. The zero-order valence-corrected chi connectivity index (χ0v) is 15.9. The van der Waals surface area contributed by atoms with E-state index in [1.54, 1.807) is 23.6 Å². The van der Waals surface area contributed by atoms with Gasteiger partial charge in [-0.05, 0) is 42.5 Å². The number of nitrogens with one attached hydrogen (secondary N) is 1. The highest BCUT2D eigenvalue weighted by molar-refractivity contribution is 7.94. The molecule has 0 aliphatic heterocycles. The number of nitrogens with zero attached hydrogens (tertiary/aromatic N) is 1. The number of hydrogen-bond donors (Lipinski definition) is 2. The number of carboxylic acids is 1. The Morgan fingerprint density at radius 3 is 2.40 bits per heavy atom. The minimum absolute atomic E-state index is 0.0910. The molecule has 0 bridgehead atoms. The van der Waals surface area contributed by atoms with Crippen LogP contribution in [0.3, 0.4) is 0 Å². The Morgan fingerprint density at radius 2 is 1.88 bits per heavy atom. The first-order chi connectivity index (χ1) is 11.9. The van der Waals surface area contributed by atoms with E-state index in [0.717, 1.165) is 37.3 Å². The number of hydrogen-bond acceptors (Lipinski definition) is 5. The molecule has 0 saturated heterocycles. The normalized spacial score (nSPS) is 11.3. The lowest BCUT2D eigenvalue weighted by Crippen LogP contribution is -2.27. The predicted molar refractivity (Wildman–Crippen MR) is 101 cm³/mol. The lowest BCUT2D eigenvalue weighted by atomic mass is 10.1. The van der Waals surface area contributed by atoms with Gasteiger partial charge in [0.05, 0.1) is 11.3 Å². The largest absolute Gasteiger partial charge is 0.478 e. The van der Waals surface area contributed by atoms with Gasteiger partial charge in [0.15, 0.2) is 0 Å². The maximum atomic E-state index is 12.3. The van der Waals surface area contributed by atoms with Crippen molar-refractivity contribution >= 4 is 38.7 Å². The molecule has 0 amide bonds. The Balaban J connectivity index is 2.37. The standard InChI is InChI=1S/C17H22N2O4S2/c1-3-9-19(10-4-2)15-8-7-13(12-14(15)17(20)21)18-25(22,23)16-6-5-11-24-16/h5-8,11-12,18H,3-4,9-10H2,1-2H3,(H,20,21). The maximum Gasteiger partial charge on any atom is 0.337 e. The summed E-state index contributed by atoms with van der Waals surface area (Å²) in [7, 11) is -3.70. The Hall–Kier alpha value is -2.06. The van der Waals surface area contributed by atoms with Gasteiger partial charge in [-0.25, -0.2) is 13.2 Å². The average molecular weight is 383 g/mol. The minimum atomic E-state index is -3.70. The summed E-state index contributed by atoms with van der Waals surface area (Å²) in [6.45, 7) is 5.56. The molecule has 1 aromatic heterocycles. The highest BCUT2D eigenvalue weighted by Gasteiger charge is 2.19. The molecule has 1 heterocycles. The van der Waals surface area contributed by atoms with Crippen molar-refractivity contribution in [3.63, 3.8) is 0 Å². The van der Waals surface area contributed by atoms with Crippen LogP contribution in [0.15, 0.2) is 39.9 Å². The van der Waals surface area contributed by atoms with E-state index in [-0.39, 0.29) is 15.5 Å². The van der Waals surface area contributed by atoms with Gasteiger partial charge in [-0.1, -0.05) is 19.9 Å². The summed E-state index contributed by atoms with van der Waals surface area (Å²) in [5, 5.41) is 11.2. The number of carbonyl (C=O) groups is 1. The van der Waals surface area contributed by atoms with Crippen LogP contribution in [0.4, 0.5) is 11.4 Å². The smallest absolute Gasteiger partial charge is 0.337 e. The van der Waals surface area contributed by atoms with Crippen LogP contribution in [-0.4, -0.2) is 32.6 Å². The molecule has 0 unspecified atom stereocenters. The van der Waals surface area contributed by atoms with E-state index in [4.69, 9.17) is 0 Å². The molecule has 1 aromatic carbocycles. The second kappa shape index (κ2) is 8.35. The molecule has 6 nitrogen and oxygen atoms in total. The van der Waals surface area contributed by atoms with Gasteiger partial charge >= 0.3 is 5.97 Å². The van der Waals surface area contributed by atoms with Gasteiger partial charge in [-0.3, -0.25) is 4.72 Å². The van der Waals surface area contributed by atoms with Crippen LogP contribution in [0.25, 0.3) is 0 Å². The minimum Gasteiger partial charge on any atom is -0.478 e. The molecule has 2 rings (SSSR count). The molecule has 136 valence electrons. The number of benzene rings is 1. The number of thiophene rings is 1. The zero-order valence-electron chi connectivity index (χ0n) is 14.2. The van der Waals surface area contributed by atoms with Crippen molar-refractivity contribution in [2.45, 2.75) is 30.9 Å². The topological polar surface area (TPSA) is 86.7 Å². The van der Waals surface area contributed by atoms with Crippen LogP contribution < -0.4 is 9.62 Å². The summed E-state index contributed by atoms with van der Waals surface area (Å²) in [5.41, 5.74) is 0.936. The van der Waals surface area contributed by atoms with Crippen LogP contribution in [0.2, 0.25) is 0 Å². The van der Waals surface area contributed by atoms with Crippen molar-refractivity contribution in [3.05, 3.63) is 41.3 Å². The van der Waals surface area contributed by atoms with Gasteiger partial charge in [0.1, 0.15) is 4.21 Å². The van der Waals surface area contributed by atoms with Crippen LogP contribution >= 0.6 is 11.3 Å². The van der Waals surface area contributed by atoms with Crippen molar-refractivity contribution in [2.75, 3.05) is 22.7 Å². The summed E-state index contributed by atoms with van der Waals surface area (Å²) in [6.07, 6.45) is 1.79. The molecule has 0 aliphatic rings. The van der Waals surface area contributed by atoms with Gasteiger partial charge in [-0.15, -0.1) is 11.3 Å². The van der Waals surface area contributed by atoms with Crippen molar-refractivity contribution in [3.8, 4) is 0 Å². The fourth-order valence-corrected chi connectivity index (χ4v) is 4.60. The molecule has 0 aliphatic carbocycles. The van der Waals surface area contributed by atoms with Crippen molar-refractivity contribution in [1.29, 1.82) is 0 Å². The fourth-order valence-electron chi connectivity index (χ4n) is 2.56. The monoisotopic (exact) mass is 382 g/mol. The predicted octanol–water partition coefficient (Wildman–Crippen LogP) is 3.87. The molecule has 0 atom stereocenters. The zero-order chi connectivity index (χ0) is 18.4. The third-order valence-corrected chi connectivity index (χ3v) is 6.35. The summed E-state index contributed by atoms with van der Waals surface area (Å²) < 4.78 is 27.3. The Bertz CT molecular complexity index is 811. The summed E-state index contributed by atoms with van der Waals surface area (Å²) >= 11 is 1.11. The van der Waals surface area contributed by atoms with E-state index in [0.29, 0.717) is 5.69 Å². The van der Waals surface area contributed by atoms with Gasteiger partial charge in [0.2, 0.25) is 0 Å². The van der Waals surface area contributed by atoms with Crippen LogP contribution in [0, 0.1) is 0 Å². The molecule has 0 saturated carbocycles. The van der Waals surface area contributed by atoms with Crippen LogP contribution in [0.1, 0.15) is 37.0 Å². The van der Waals surface area contributed by atoms with Crippen molar-refractivity contribution in [2.24, 2.45) is 0 Å². The number of anilines is 2. The summed E-state index contributed by atoms with van der Waals surface area (Å²) in [6, 6.07) is 7.80. The second-order valence-corrected chi connectivity index (χ2v) is 8.42. The molecule has 2 N–H and O–H groups in total. The third kappa shape index (κ3) is 4.73. The van der Waals surface area contributed by atoms with E-state index in [2.05, 4.69) is 4.72 Å². The molecular weight excluding hydrogens is 360 g/mol. The molecular formula is C17H22N2O4S2. The Kier molecular flexibility index (Phi) is 6.44. The van der Waals surface area contributed by atoms with E-state index >= 15 is 0 Å². The van der Waals surface area contributed by atoms with Crippen molar-refractivity contribution in [1.82, 2.24) is 0 Å². The highest BCUT2D eigenvalue weighted by Crippen LogP contribution is 2.27. The Labute approximate surface area is 152 Å². The number of rotatable bonds is 9. The van der Waals surface area contributed by atoms with E-state index in [1.165, 1.54) is 12.1 Å². The number of aromatic carboxylic acids is 1. The number of carboxylic acid groups (broad SMARTS) is 1. The fraction of sp³-hybridized carbons (Fsp3) is 0.353. The van der Waals surface area contributed by atoms with Gasteiger partial charge in [-0.2, -0.15) is 0 Å². The molecule has 0 radical (unpaired) electrons. The highest BCUT2D eigenvalue weighted by atomic mass is 32.2. The molecule has 25 heavy (non-hydrogen) atoms. The quantitative estimate of drug-likeness (QED) is 0.687. The van der Waals surface area contributed by atoms with E-state index in [9.17, 15) is 18.3 Å². The molecule has 0 fully saturated rings. The van der Waals surface area contributed by atoms with Gasteiger partial charge < -0.3 is 10.0 Å². The molecule has 2 aromatic rings. The number of sulfonamides is 1. The lowest BCUT2D eigenvalue weighted by Gasteiger charge is -2.25. The first-order valence-electron chi connectivity index (χ1n) is 8.07. The van der Waals surface area contributed by atoms with Crippen molar-refractivity contribution < 1.29 is 18.3 Å². The van der Waals surface area contributed by atoms with E-state index in [1.807, 2.05) is 18.7 Å². The third-order valence-electron chi connectivity index (χ3n) is 3.57. The second-order valence-electron chi connectivity index (χ2n) is 5.56. The first-order valence-corrected chi connectivity index (χ1v) is 10.4. The van der Waals surface area contributed by atoms with Crippen LogP contribution in [-0.2, 0) is 10.0 Å². The van der Waals surface area contributed by atoms with Gasteiger partial charge in [0.25, 0.3) is 10.0 Å². The average Bonchev–Trinajstić information content (AvgIpc) is 3.10. The first kappa shape index (κ1) is 19.3. The Morgan fingerprint density at radius 1 is 1.20 bits per heavy atom. The van der Waals surface area contributed by atoms with Gasteiger partial charge in [0, 0.05) is 18.8 Å². The SMILES string of the molecule is CCCN(CCC)c1ccc(NS(=O)(=O)c2cccs2)cc1C(=O)O. The lowest BCUT2D eigenvalue weighted by molar-refractivity contribution is 0.0697. The summed E-state index contributed by atoms with van der Waals surface area (Å²) in [5.74, 6) is -1.08. The molecule has 0 spiro atoms. The summed E-state index contributed by atoms with van der Waals surface area (Å²) in [4.78, 5) is 13.7. The molecule has 8 heteroatoms. The van der Waals surface area contributed by atoms with Crippen LogP contribution in [0.5, 0.6) is 0 Å².